The third-order valence-electron chi connectivity index (χ3n) is 4.32. The number of nitrogens with one attached hydrogen (secondary N) is 1. The standard InChI is InChI=1S/C15H29NOS/c1-3-6-16-11-13(2)9-14-4-7-17-15(10-14)5-8-18-12-15/h13-14,16H,3-12H2,1-2H3. The molecule has 2 rings (SSSR count). The monoisotopic (exact) mass is 271 g/mol. The molecule has 3 atom stereocenters. The van der Waals surface area contributed by atoms with E-state index in [2.05, 4.69) is 30.9 Å². The molecular formula is C15H29NOS. The van der Waals surface area contributed by atoms with Crippen molar-refractivity contribution in [3.63, 3.8) is 0 Å². The average molecular weight is 271 g/mol. The van der Waals surface area contributed by atoms with E-state index in [0.717, 1.165) is 18.4 Å². The van der Waals surface area contributed by atoms with Crippen LogP contribution in [0.3, 0.4) is 0 Å². The van der Waals surface area contributed by atoms with Crippen LogP contribution in [0.15, 0.2) is 0 Å². The third-order valence-corrected chi connectivity index (χ3v) is 5.54. The molecule has 2 nitrogen and oxygen atoms in total. The number of hydrogen-bond donors (Lipinski definition) is 1. The van der Waals surface area contributed by atoms with Gasteiger partial charge in [-0.25, -0.2) is 0 Å². The summed E-state index contributed by atoms with van der Waals surface area (Å²) in [5.74, 6) is 4.26. The first-order valence-corrected chi connectivity index (χ1v) is 8.82. The molecule has 3 heteroatoms. The molecular weight excluding hydrogens is 242 g/mol. The molecule has 2 fully saturated rings. The summed E-state index contributed by atoms with van der Waals surface area (Å²) >= 11 is 2.08. The van der Waals surface area contributed by atoms with Crippen molar-refractivity contribution in [2.75, 3.05) is 31.2 Å². The van der Waals surface area contributed by atoms with Gasteiger partial charge in [-0.05, 0) is 62.8 Å². The second-order valence-electron chi connectivity index (χ2n) is 6.24. The molecule has 0 amide bonds. The molecule has 106 valence electrons. The summed E-state index contributed by atoms with van der Waals surface area (Å²) in [4.78, 5) is 0. The van der Waals surface area contributed by atoms with Gasteiger partial charge in [0.1, 0.15) is 0 Å². The normalized spacial score (nSPS) is 34.0. The van der Waals surface area contributed by atoms with Crippen molar-refractivity contribution < 1.29 is 4.74 Å². The number of hydrogen-bond acceptors (Lipinski definition) is 3. The molecule has 18 heavy (non-hydrogen) atoms. The fraction of sp³-hybridized carbons (Fsp3) is 1.00. The Morgan fingerprint density at radius 2 is 2.39 bits per heavy atom. The van der Waals surface area contributed by atoms with E-state index in [1.807, 2.05) is 0 Å². The van der Waals surface area contributed by atoms with Crippen LogP contribution < -0.4 is 5.32 Å². The van der Waals surface area contributed by atoms with Crippen LogP contribution in [-0.2, 0) is 4.74 Å². The van der Waals surface area contributed by atoms with Crippen LogP contribution in [0, 0.1) is 11.8 Å². The van der Waals surface area contributed by atoms with Gasteiger partial charge in [0, 0.05) is 12.4 Å². The van der Waals surface area contributed by atoms with Crippen molar-refractivity contribution in [1.82, 2.24) is 5.32 Å². The minimum atomic E-state index is 0.268. The molecule has 3 unspecified atom stereocenters. The minimum Gasteiger partial charge on any atom is -0.374 e. The Morgan fingerprint density at radius 3 is 3.11 bits per heavy atom. The van der Waals surface area contributed by atoms with Crippen molar-refractivity contribution in [2.45, 2.75) is 51.6 Å². The molecule has 2 heterocycles. The number of ether oxygens (including phenoxy) is 1. The van der Waals surface area contributed by atoms with E-state index >= 15 is 0 Å². The maximum absolute atomic E-state index is 6.10. The van der Waals surface area contributed by atoms with E-state index in [9.17, 15) is 0 Å². The van der Waals surface area contributed by atoms with Crippen LogP contribution in [0.2, 0.25) is 0 Å². The lowest BCUT2D eigenvalue weighted by Gasteiger charge is -2.38. The lowest BCUT2D eigenvalue weighted by atomic mass is 9.81. The highest BCUT2D eigenvalue weighted by Crippen LogP contribution is 2.41. The van der Waals surface area contributed by atoms with Crippen molar-refractivity contribution in [3.8, 4) is 0 Å². The molecule has 0 aliphatic carbocycles. The topological polar surface area (TPSA) is 21.3 Å². The Hall–Kier alpha value is 0.270. The Morgan fingerprint density at radius 1 is 1.50 bits per heavy atom. The van der Waals surface area contributed by atoms with E-state index < -0.39 is 0 Å². The van der Waals surface area contributed by atoms with Gasteiger partial charge in [0.05, 0.1) is 5.60 Å². The predicted molar refractivity (Wildman–Crippen MR) is 80.3 cm³/mol. The van der Waals surface area contributed by atoms with Crippen LogP contribution in [0.1, 0.15) is 46.0 Å². The van der Waals surface area contributed by atoms with E-state index in [4.69, 9.17) is 4.74 Å². The van der Waals surface area contributed by atoms with Crippen molar-refractivity contribution in [3.05, 3.63) is 0 Å². The van der Waals surface area contributed by atoms with Gasteiger partial charge in [0.25, 0.3) is 0 Å². The van der Waals surface area contributed by atoms with Crippen LogP contribution in [0.25, 0.3) is 0 Å². The maximum Gasteiger partial charge on any atom is 0.0783 e. The van der Waals surface area contributed by atoms with E-state index in [0.29, 0.717) is 0 Å². The van der Waals surface area contributed by atoms with Crippen LogP contribution in [-0.4, -0.2) is 36.8 Å². The number of thioether (sulfide) groups is 1. The second-order valence-corrected chi connectivity index (χ2v) is 7.34. The average Bonchev–Trinajstić information content (AvgIpc) is 2.77. The van der Waals surface area contributed by atoms with Gasteiger partial charge in [-0.3, -0.25) is 0 Å². The predicted octanol–water partition coefficient (Wildman–Crippen LogP) is 3.31. The first kappa shape index (κ1) is 14.7. The van der Waals surface area contributed by atoms with Gasteiger partial charge in [0.15, 0.2) is 0 Å². The molecule has 0 saturated carbocycles. The van der Waals surface area contributed by atoms with E-state index in [1.165, 1.54) is 56.7 Å². The van der Waals surface area contributed by atoms with Crippen LogP contribution in [0.5, 0.6) is 0 Å². The molecule has 1 spiro atoms. The van der Waals surface area contributed by atoms with E-state index in [-0.39, 0.29) is 5.60 Å². The van der Waals surface area contributed by atoms with Crippen molar-refractivity contribution in [1.29, 1.82) is 0 Å². The molecule has 2 aliphatic heterocycles. The minimum absolute atomic E-state index is 0.268. The van der Waals surface area contributed by atoms with Crippen molar-refractivity contribution >= 4 is 11.8 Å². The molecule has 0 aromatic carbocycles. The van der Waals surface area contributed by atoms with Crippen LogP contribution >= 0.6 is 11.8 Å². The first-order valence-electron chi connectivity index (χ1n) is 7.66. The summed E-state index contributed by atoms with van der Waals surface area (Å²) < 4.78 is 6.10. The highest BCUT2D eigenvalue weighted by molar-refractivity contribution is 7.99. The molecule has 2 saturated heterocycles. The summed E-state index contributed by atoms with van der Waals surface area (Å²) in [6.07, 6.45) is 6.51. The largest absolute Gasteiger partial charge is 0.374 e. The summed E-state index contributed by atoms with van der Waals surface area (Å²) in [5.41, 5.74) is 0.268. The second kappa shape index (κ2) is 7.16. The molecule has 0 bridgehead atoms. The molecule has 0 aromatic heterocycles. The van der Waals surface area contributed by atoms with Gasteiger partial charge in [-0.15, -0.1) is 0 Å². The number of rotatable bonds is 6. The maximum atomic E-state index is 6.10. The van der Waals surface area contributed by atoms with Gasteiger partial charge in [0.2, 0.25) is 0 Å². The van der Waals surface area contributed by atoms with Crippen LogP contribution in [0.4, 0.5) is 0 Å². The SMILES string of the molecule is CCCNCC(C)CC1CCOC2(CCSC2)C1. The molecule has 0 radical (unpaired) electrons. The van der Waals surface area contributed by atoms with Gasteiger partial charge < -0.3 is 10.1 Å². The molecule has 1 N–H and O–H groups in total. The highest BCUT2D eigenvalue weighted by atomic mass is 32.2. The Bertz CT molecular complexity index is 241. The summed E-state index contributed by atoms with van der Waals surface area (Å²) in [7, 11) is 0. The van der Waals surface area contributed by atoms with Gasteiger partial charge in [-0.2, -0.15) is 11.8 Å². The van der Waals surface area contributed by atoms with Gasteiger partial charge >= 0.3 is 0 Å². The van der Waals surface area contributed by atoms with Crippen molar-refractivity contribution in [2.24, 2.45) is 11.8 Å². The lowest BCUT2D eigenvalue weighted by molar-refractivity contribution is -0.0823. The Labute approximate surface area is 117 Å². The highest BCUT2D eigenvalue weighted by Gasteiger charge is 2.40. The summed E-state index contributed by atoms with van der Waals surface area (Å²) in [5, 5.41) is 3.55. The third kappa shape index (κ3) is 4.14. The quantitative estimate of drug-likeness (QED) is 0.749. The summed E-state index contributed by atoms with van der Waals surface area (Å²) in [6, 6.07) is 0. The molecule has 0 aromatic rings. The summed E-state index contributed by atoms with van der Waals surface area (Å²) in [6.45, 7) is 7.98. The van der Waals surface area contributed by atoms with Gasteiger partial charge in [-0.1, -0.05) is 13.8 Å². The Kier molecular flexibility index (Phi) is 5.84. The zero-order valence-corrected chi connectivity index (χ0v) is 12.9. The van der Waals surface area contributed by atoms with E-state index in [1.54, 1.807) is 0 Å². The fourth-order valence-electron chi connectivity index (χ4n) is 3.37. The zero-order chi connectivity index (χ0) is 12.8. The Balaban J connectivity index is 1.72. The molecule has 2 aliphatic rings. The zero-order valence-electron chi connectivity index (χ0n) is 12.0. The lowest BCUT2D eigenvalue weighted by Crippen LogP contribution is -2.40. The fourth-order valence-corrected chi connectivity index (χ4v) is 4.75. The first-order chi connectivity index (χ1) is 8.74. The smallest absolute Gasteiger partial charge is 0.0783 e.